The first-order chi connectivity index (χ1) is 15.4. The van der Waals surface area contributed by atoms with Crippen LogP contribution in [0.15, 0.2) is 59.4 Å². The van der Waals surface area contributed by atoms with E-state index in [1.807, 2.05) is 0 Å². The Bertz CT molecular complexity index is 1210. The number of nitrogens with one attached hydrogen (secondary N) is 1. The molecule has 0 saturated heterocycles. The molecule has 33 heavy (non-hydrogen) atoms. The zero-order valence-electron chi connectivity index (χ0n) is 17.4. The van der Waals surface area contributed by atoms with Crippen LogP contribution in [0, 0.1) is 5.82 Å². The minimum atomic E-state index is -4.86. The fourth-order valence-corrected chi connectivity index (χ4v) is 2.81. The number of alkyl halides is 3. The lowest BCUT2D eigenvalue weighted by Crippen LogP contribution is -2.42. The van der Waals surface area contributed by atoms with Gasteiger partial charge in [0.2, 0.25) is 0 Å². The number of ether oxygens (including phenoxy) is 1. The van der Waals surface area contributed by atoms with Crippen LogP contribution < -0.4 is 15.6 Å². The number of aromatic nitrogens is 2. The molecule has 0 fully saturated rings. The Balaban J connectivity index is 2.11. The minimum Gasteiger partial charge on any atom is -0.406 e. The second kappa shape index (κ2) is 9.41. The van der Waals surface area contributed by atoms with Crippen LogP contribution in [0.4, 0.5) is 17.6 Å². The number of aliphatic hydroxyl groups excluding tert-OH is 1. The van der Waals surface area contributed by atoms with E-state index < -0.39 is 41.5 Å². The molecule has 0 aliphatic rings. The summed E-state index contributed by atoms with van der Waals surface area (Å²) in [6.07, 6.45) is -5.77. The van der Waals surface area contributed by atoms with Gasteiger partial charge in [0.1, 0.15) is 17.1 Å². The van der Waals surface area contributed by atoms with E-state index in [0.717, 1.165) is 28.9 Å². The number of carbonyl (C=O) groups excluding carboxylic acids is 1. The molecular formula is C22H19F4N3O4. The minimum absolute atomic E-state index is 0.0384. The van der Waals surface area contributed by atoms with Crippen molar-refractivity contribution in [1.29, 1.82) is 0 Å². The molecule has 2 unspecified atom stereocenters. The maximum absolute atomic E-state index is 13.8. The molecule has 1 aromatic heterocycles. The lowest BCUT2D eigenvalue weighted by atomic mass is 10.1. The molecule has 174 valence electrons. The standard InChI is InChI=1S/C22H19F4N3O4/c1-12(13(2)30)27-20(31)18-11-19(14-6-8-17(9-7-14)33-22(24,25)26)28-29(21(18)32)16-5-3-4-15(23)10-16/h3-13,30H,1-2H3,(H,27,31). The fourth-order valence-electron chi connectivity index (χ4n) is 2.81. The van der Waals surface area contributed by atoms with Gasteiger partial charge >= 0.3 is 6.36 Å². The molecule has 2 N–H and O–H groups in total. The van der Waals surface area contributed by atoms with Gasteiger partial charge in [0, 0.05) is 5.56 Å². The molecule has 2 aromatic carbocycles. The van der Waals surface area contributed by atoms with Gasteiger partial charge in [-0.3, -0.25) is 9.59 Å². The van der Waals surface area contributed by atoms with E-state index in [-0.39, 0.29) is 22.5 Å². The van der Waals surface area contributed by atoms with Gasteiger partial charge in [0.15, 0.2) is 0 Å². The van der Waals surface area contributed by atoms with E-state index in [1.54, 1.807) is 0 Å². The lowest BCUT2D eigenvalue weighted by molar-refractivity contribution is -0.274. The molecule has 0 bridgehead atoms. The quantitative estimate of drug-likeness (QED) is 0.544. The number of hydrogen-bond acceptors (Lipinski definition) is 5. The summed E-state index contributed by atoms with van der Waals surface area (Å²) in [6, 6.07) is 10.1. The van der Waals surface area contributed by atoms with Gasteiger partial charge in [-0.2, -0.15) is 9.78 Å². The predicted molar refractivity (Wildman–Crippen MR) is 111 cm³/mol. The van der Waals surface area contributed by atoms with E-state index in [1.165, 1.54) is 44.2 Å². The van der Waals surface area contributed by atoms with Gasteiger partial charge in [0.05, 0.1) is 23.5 Å². The first-order valence-electron chi connectivity index (χ1n) is 9.70. The summed E-state index contributed by atoms with van der Waals surface area (Å²) in [5.74, 6) is -1.92. The van der Waals surface area contributed by atoms with E-state index in [0.29, 0.717) is 0 Å². The molecule has 1 amide bonds. The summed E-state index contributed by atoms with van der Waals surface area (Å²) < 4.78 is 55.7. The van der Waals surface area contributed by atoms with Crippen LogP contribution in [0.5, 0.6) is 5.75 Å². The summed E-state index contributed by atoms with van der Waals surface area (Å²) in [7, 11) is 0. The highest BCUT2D eigenvalue weighted by molar-refractivity contribution is 5.95. The first-order valence-corrected chi connectivity index (χ1v) is 9.70. The highest BCUT2D eigenvalue weighted by Gasteiger charge is 2.31. The van der Waals surface area contributed by atoms with Crippen LogP contribution in [0.25, 0.3) is 16.9 Å². The monoisotopic (exact) mass is 465 g/mol. The number of aliphatic hydroxyl groups is 1. The molecule has 11 heteroatoms. The Morgan fingerprint density at radius 3 is 2.36 bits per heavy atom. The van der Waals surface area contributed by atoms with Gasteiger partial charge in [-0.15, -0.1) is 13.2 Å². The summed E-state index contributed by atoms with van der Waals surface area (Å²) in [5.41, 5.74) is -0.833. The van der Waals surface area contributed by atoms with E-state index in [9.17, 15) is 32.3 Å². The molecule has 1 heterocycles. The number of carbonyl (C=O) groups is 1. The number of hydrogen-bond donors (Lipinski definition) is 2. The smallest absolute Gasteiger partial charge is 0.406 e. The zero-order valence-corrected chi connectivity index (χ0v) is 17.4. The third kappa shape index (κ3) is 5.95. The van der Waals surface area contributed by atoms with Gasteiger partial charge < -0.3 is 15.2 Å². The summed E-state index contributed by atoms with van der Waals surface area (Å²) >= 11 is 0. The van der Waals surface area contributed by atoms with Gasteiger partial charge in [0.25, 0.3) is 11.5 Å². The van der Waals surface area contributed by atoms with Crippen molar-refractivity contribution < 1.29 is 32.2 Å². The Morgan fingerprint density at radius 2 is 1.79 bits per heavy atom. The zero-order chi connectivity index (χ0) is 24.3. The number of benzene rings is 2. The Labute approximate surface area is 185 Å². The van der Waals surface area contributed by atoms with E-state index >= 15 is 0 Å². The van der Waals surface area contributed by atoms with Gasteiger partial charge in [-0.1, -0.05) is 6.07 Å². The van der Waals surface area contributed by atoms with Crippen molar-refractivity contribution in [1.82, 2.24) is 15.1 Å². The molecule has 0 aliphatic heterocycles. The van der Waals surface area contributed by atoms with Crippen LogP contribution in [0.3, 0.4) is 0 Å². The lowest BCUT2D eigenvalue weighted by Gasteiger charge is -2.17. The van der Waals surface area contributed by atoms with E-state index in [4.69, 9.17) is 0 Å². The normalized spacial score (nSPS) is 13.3. The third-order valence-corrected chi connectivity index (χ3v) is 4.67. The van der Waals surface area contributed by atoms with Crippen LogP contribution in [-0.2, 0) is 0 Å². The Kier molecular flexibility index (Phi) is 6.82. The summed E-state index contributed by atoms with van der Waals surface area (Å²) in [5, 5.41) is 16.3. The molecule has 0 radical (unpaired) electrons. The molecule has 0 spiro atoms. The topological polar surface area (TPSA) is 93.4 Å². The van der Waals surface area contributed by atoms with Crippen molar-refractivity contribution in [3.8, 4) is 22.7 Å². The molecule has 3 rings (SSSR count). The van der Waals surface area contributed by atoms with Crippen molar-refractivity contribution >= 4 is 5.91 Å². The number of amides is 1. The largest absolute Gasteiger partial charge is 0.573 e. The van der Waals surface area contributed by atoms with Crippen LogP contribution >= 0.6 is 0 Å². The second-order valence-corrected chi connectivity index (χ2v) is 7.22. The van der Waals surface area contributed by atoms with Crippen molar-refractivity contribution in [2.24, 2.45) is 0 Å². The number of rotatable bonds is 6. The highest BCUT2D eigenvalue weighted by Crippen LogP contribution is 2.26. The Hall–Kier alpha value is -3.73. The summed E-state index contributed by atoms with van der Waals surface area (Å²) in [6.45, 7) is 2.99. The van der Waals surface area contributed by atoms with Crippen molar-refractivity contribution in [3.63, 3.8) is 0 Å². The first kappa shape index (κ1) is 23.9. The van der Waals surface area contributed by atoms with Crippen molar-refractivity contribution in [2.75, 3.05) is 0 Å². The molecule has 3 aromatic rings. The molecule has 0 saturated carbocycles. The average Bonchev–Trinajstić information content (AvgIpc) is 2.73. The van der Waals surface area contributed by atoms with Gasteiger partial charge in [-0.05, 0) is 62.4 Å². The SMILES string of the molecule is CC(O)C(C)NC(=O)c1cc(-c2ccc(OC(F)(F)F)cc2)nn(-c2cccc(F)c2)c1=O. The van der Waals surface area contributed by atoms with Gasteiger partial charge in [-0.25, -0.2) is 4.39 Å². The highest BCUT2D eigenvalue weighted by atomic mass is 19.4. The molecule has 7 nitrogen and oxygen atoms in total. The van der Waals surface area contributed by atoms with Crippen molar-refractivity contribution in [2.45, 2.75) is 32.4 Å². The molecular weight excluding hydrogens is 446 g/mol. The van der Waals surface area contributed by atoms with Crippen LogP contribution in [0.2, 0.25) is 0 Å². The third-order valence-electron chi connectivity index (χ3n) is 4.67. The summed E-state index contributed by atoms with van der Waals surface area (Å²) in [4.78, 5) is 25.7. The Morgan fingerprint density at radius 1 is 1.12 bits per heavy atom. The predicted octanol–water partition coefficient (Wildman–Crippen LogP) is 3.44. The average molecular weight is 465 g/mol. The maximum atomic E-state index is 13.8. The fraction of sp³-hybridized carbons (Fsp3) is 0.227. The number of nitrogens with zero attached hydrogens (tertiary/aromatic N) is 2. The maximum Gasteiger partial charge on any atom is 0.573 e. The van der Waals surface area contributed by atoms with E-state index in [2.05, 4.69) is 15.2 Å². The van der Waals surface area contributed by atoms with Crippen LogP contribution in [-0.4, -0.2) is 39.3 Å². The van der Waals surface area contributed by atoms with Crippen LogP contribution in [0.1, 0.15) is 24.2 Å². The molecule has 0 aliphatic carbocycles. The number of halogens is 4. The second-order valence-electron chi connectivity index (χ2n) is 7.22. The van der Waals surface area contributed by atoms with Crippen molar-refractivity contribution in [3.05, 3.63) is 76.3 Å². The molecule has 2 atom stereocenters.